The number of aryl methyl sites for hydroxylation is 1. The van der Waals surface area contributed by atoms with Gasteiger partial charge in [-0.15, -0.1) is 0 Å². The Labute approximate surface area is 78.6 Å². The van der Waals surface area contributed by atoms with Gasteiger partial charge in [0.1, 0.15) is 0 Å². The third kappa shape index (κ3) is 1.53. The highest BCUT2D eigenvalue weighted by molar-refractivity contribution is 5.95. The van der Waals surface area contributed by atoms with Crippen molar-refractivity contribution in [2.24, 2.45) is 0 Å². The fourth-order valence-corrected chi connectivity index (χ4v) is 2.07. The largest absolute Gasteiger partial charge is 0.351 e. The second kappa shape index (κ2) is 3.36. The van der Waals surface area contributed by atoms with E-state index in [1.807, 2.05) is 6.07 Å². The zero-order valence-corrected chi connectivity index (χ0v) is 8.05. The number of aromatic nitrogens is 1. The van der Waals surface area contributed by atoms with Gasteiger partial charge in [0.05, 0.1) is 0 Å². The summed E-state index contributed by atoms with van der Waals surface area (Å²) < 4.78 is 2.24. The summed E-state index contributed by atoms with van der Waals surface area (Å²) in [5.74, 6) is 0.204. The van der Waals surface area contributed by atoms with Gasteiger partial charge in [0, 0.05) is 24.0 Å². The van der Waals surface area contributed by atoms with E-state index in [9.17, 15) is 4.79 Å². The quantitative estimate of drug-likeness (QED) is 0.604. The van der Waals surface area contributed by atoms with Gasteiger partial charge >= 0.3 is 0 Å². The fraction of sp³-hybridized carbons (Fsp3) is 0.545. The lowest BCUT2D eigenvalue weighted by Gasteiger charge is -2.04. The monoisotopic (exact) mass is 177 g/mol. The van der Waals surface area contributed by atoms with Crippen LogP contribution in [-0.4, -0.2) is 10.4 Å². The molecule has 2 nitrogen and oxygen atoms in total. The van der Waals surface area contributed by atoms with Gasteiger partial charge < -0.3 is 4.57 Å². The van der Waals surface area contributed by atoms with Crippen LogP contribution in [0.1, 0.15) is 42.2 Å². The highest BCUT2D eigenvalue weighted by Crippen LogP contribution is 2.19. The van der Waals surface area contributed by atoms with Crippen LogP contribution < -0.4 is 0 Å². The Balaban J connectivity index is 2.39. The summed E-state index contributed by atoms with van der Waals surface area (Å²) in [5.41, 5.74) is 2.19. The molecule has 1 aliphatic heterocycles. The topological polar surface area (TPSA) is 22.0 Å². The minimum absolute atomic E-state index is 0.204. The van der Waals surface area contributed by atoms with Crippen LogP contribution >= 0.6 is 0 Å². The number of carbonyl (C=O) groups is 1. The van der Waals surface area contributed by atoms with E-state index in [-0.39, 0.29) is 5.78 Å². The van der Waals surface area contributed by atoms with Gasteiger partial charge in [0.15, 0.2) is 5.78 Å². The van der Waals surface area contributed by atoms with Crippen molar-refractivity contribution in [2.75, 3.05) is 0 Å². The number of carbonyl (C=O) groups excluding carboxylic acids is 1. The molecule has 0 spiro atoms. The summed E-state index contributed by atoms with van der Waals surface area (Å²) >= 11 is 0. The van der Waals surface area contributed by atoms with Gasteiger partial charge in [-0.2, -0.15) is 0 Å². The molecule has 1 aromatic rings. The number of hydrogen-bond donors (Lipinski definition) is 0. The number of hydrogen-bond acceptors (Lipinski definition) is 1. The SMILES string of the molecule is CC(=O)c1ccn2c1CCCCC2. The summed E-state index contributed by atoms with van der Waals surface area (Å²) in [6.07, 6.45) is 6.89. The van der Waals surface area contributed by atoms with Crippen molar-refractivity contribution in [3.8, 4) is 0 Å². The molecule has 0 saturated heterocycles. The van der Waals surface area contributed by atoms with Gasteiger partial charge in [-0.3, -0.25) is 4.79 Å². The Morgan fingerprint density at radius 2 is 2.23 bits per heavy atom. The van der Waals surface area contributed by atoms with Gasteiger partial charge in [-0.25, -0.2) is 0 Å². The Hall–Kier alpha value is -1.05. The molecule has 1 aliphatic rings. The van der Waals surface area contributed by atoms with Crippen LogP contribution in [0, 0.1) is 0 Å². The maximum absolute atomic E-state index is 11.3. The lowest BCUT2D eigenvalue weighted by molar-refractivity contribution is 0.101. The molecule has 0 aliphatic carbocycles. The molecule has 2 heteroatoms. The molecule has 0 unspecified atom stereocenters. The molecule has 0 bridgehead atoms. The Morgan fingerprint density at radius 3 is 3.00 bits per heavy atom. The highest BCUT2D eigenvalue weighted by Gasteiger charge is 2.14. The molecule has 0 atom stereocenters. The molecule has 2 rings (SSSR count). The minimum atomic E-state index is 0.204. The normalized spacial score (nSPS) is 16.4. The van der Waals surface area contributed by atoms with E-state index in [1.54, 1.807) is 6.92 Å². The zero-order chi connectivity index (χ0) is 9.26. The van der Waals surface area contributed by atoms with Crippen LogP contribution in [0.25, 0.3) is 0 Å². The Morgan fingerprint density at radius 1 is 1.38 bits per heavy atom. The van der Waals surface area contributed by atoms with Crippen molar-refractivity contribution < 1.29 is 4.79 Å². The molecule has 0 radical (unpaired) electrons. The maximum atomic E-state index is 11.3. The number of Topliss-reactive ketones (excluding diaryl/α,β-unsaturated/α-hetero) is 1. The number of nitrogens with zero attached hydrogens (tertiary/aromatic N) is 1. The van der Waals surface area contributed by atoms with Crippen molar-refractivity contribution in [2.45, 2.75) is 39.2 Å². The fourth-order valence-electron chi connectivity index (χ4n) is 2.07. The second-order valence-electron chi connectivity index (χ2n) is 3.74. The van der Waals surface area contributed by atoms with Crippen LogP contribution in [-0.2, 0) is 13.0 Å². The molecule has 70 valence electrons. The van der Waals surface area contributed by atoms with Crippen molar-refractivity contribution in [3.05, 3.63) is 23.5 Å². The van der Waals surface area contributed by atoms with Crippen molar-refractivity contribution in [3.63, 3.8) is 0 Å². The Bertz CT molecular complexity index is 325. The summed E-state index contributed by atoms with van der Waals surface area (Å²) in [4.78, 5) is 11.3. The molecule has 13 heavy (non-hydrogen) atoms. The summed E-state index contributed by atoms with van der Waals surface area (Å²) in [7, 11) is 0. The summed E-state index contributed by atoms with van der Waals surface area (Å²) in [6.45, 7) is 2.74. The van der Waals surface area contributed by atoms with E-state index in [0.717, 1.165) is 18.5 Å². The summed E-state index contributed by atoms with van der Waals surface area (Å²) in [6, 6.07) is 1.96. The first-order valence-electron chi connectivity index (χ1n) is 4.98. The molecule has 0 N–H and O–H groups in total. The van der Waals surface area contributed by atoms with E-state index in [4.69, 9.17) is 0 Å². The standard InChI is InChI=1S/C11H15NO/c1-9(13)10-6-8-12-7-4-2-3-5-11(10)12/h6,8H,2-5,7H2,1H3. The number of fused-ring (bicyclic) bond motifs is 1. The van der Waals surface area contributed by atoms with E-state index < -0.39 is 0 Å². The molecule has 0 saturated carbocycles. The van der Waals surface area contributed by atoms with E-state index in [1.165, 1.54) is 25.0 Å². The van der Waals surface area contributed by atoms with Crippen LogP contribution in [0.2, 0.25) is 0 Å². The molecule has 0 fully saturated rings. The van der Waals surface area contributed by atoms with Gasteiger partial charge in [0.25, 0.3) is 0 Å². The predicted molar refractivity (Wildman–Crippen MR) is 52.0 cm³/mol. The third-order valence-corrected chi connectivity index (χ3v) is 2.77. The first-order valence-corrected chi connectivity index (χ1v) is 4.98. The first kappa shape index (κ1) is 8.54. The van der Waals surface area contributed by atoms with Crippen LogP contribution in [0.15, 0.2) is 12.3 Å². The first-order chi connectivity index (χ1) is 6.29. The van der Waals surface area contributed by atoms with Crippen molar-refractivity contribution >= 4 is 5.78 Å². The lowest BCUT2D eigenvalue weighted by Crippen LogP contribution is -2.02. The van der Waals surface area contributed by atoms with Gasteiger partial charge in [-0.1, -0.05) is 6.42 Å². The number of ketones is 1. The number of rotatable bonds is 1. The molecule has 2 heterocycles. The van der Waals surface area contributed by atoms with E-state index in [2.05, 4.69) is 10.8 Å². The van der Waals surface area contributed by atoms with Crippen molar-refractivity contribution in [1.29, 1.82) is 0 Å². The molecule has 0 amide bonds. The second-order valence-corrected chi connectivity index (χ2v) is 3.74. The predicted octanol–water partition coefficient (Wildman–Crippen LogP) is 2.42. The zero-order valence-electron chi connectivity index (χ0n) is 8.05. The van der Waals surface area contributed by atoms with Crippen LogP contribution in [0.4, 0.5) is 0 Å². The van der Waals surface area contributed by atoms with Crippen molar-refractivity contribution in [1.82, 2.24) is 4.57 Å². The highest BCUT2D eigenvalue weighted by atomic mass is 16.1. The average molecular weight is 177 g/mol. The van der Waals surface area contributed by atoms with E-state index in [0.29, 0.717) is 0 Å². The smallest absolute Gasteiger partial charge is 0.161 e. The lowest BCUT2D eigenvalue weighted by atomic mass is 10.1. The Kier molecular flexibility index (Phi) is 2.21. The van der Waals surface area contributed by atoms with E-state index >= 15 is 0 Å². The summed E-state index contributed by atoms with van der Waals surface area (Å²) in [5, 5.41) is 0. The van der Waals surface area contributed by atoms with Gasteiger partial charge in [-0.05, 0) is 32.3 Å². The molecule has 1 aromatic heterocycles. The molecular weight excluding hydrogens is 162 g/mol. The third-order valence-electron chi connectivity index (χ3n) is 2.77. The minimum Gasteiger partial charge on any atom is -0.351 e. The van der Waals surface area contributed by atoms with Gasteiger partial charge in [0.2, 0.25) is 0 Å². The average Bonchev–Trinajstić information content (AvgIpc) is 2.36. The molecule has 0 aromatic carbocycles. The maximum Gasteiger partial charge on any atom is 0.161 e. The van der Waals surface area contributed by atoms with Crippen LogP contribution in [0.3, 0.4) is 0 Å². The molecular formula is C11H15NO. The van der Waals surface area contributed by atoms with Crippen LogP contribution in [0.5, 0.6) is 0 Å².